The quantitative estimate of drug-likeness (QED) is 0.280. The smallest absolute Gasteiger partial charge is 0.264 e. The molecule has 188 valence electrons. The molecule has 9 heteroatoms. The summed E-state index contributed by atoms with van der Waals surface area (Å²) < 4.78 is 69.1. The number of hydrogen-bond donors (Lipinski definition) is 0. The highest BCUT2D eigenvalue weighted by Crippen LogP contribution is 2.39. The molecular formula is C26H28BrF2NO4S. The zero-order valence-corrected chi connectivity index (χ0v) is 22.5. The van der Waals surface area contributed by atoms with Crippen molar-refractivity contribution < 1.29 is 26.7 Å². The van der Waals surface area contributed by atoms with E-state index >= 15 is 0 Å². The van der Waals surface area contributed by atoms with E-state index in [0.717, 1.165) is 5.56 Å². The normalized spacial score (nSPS) is 11.4. The monoisotopic (exact) mass is 567 g/mol. The van der Waals surface area contributed by atoms with Crippen LogP contribution in [0.2, 0.25) is 0 Å². The van der Waals surface area contributed by atoms with Crippen LogP contribution in [0.15, 0.2) is 53.4 Å². The van der Waals surface area contributed by atoms with E-state index in [1.54, 1.807) is 24.3 Å². The van der Waals surface area contributed by atoms with E-state index in [2.05, 4.69) is 15.9 Å². The Hall–Kier alpha value is -2.65. The third-order valence-electron chi connectivity index (χ3n) is 5.75. The third-order valence-corrected chi connectivity index (χ3v) is 8.00. The lowest BCUT2D eigenvalue weighted by molar-refractivity contribution is 0.350. The molecule has 3 aromatic carbocycles. The fourth-order valence-corrected chi connectivity index (χ4v) is 6.49. The lowest BCUT2D eigenvalue weighted by Gasteiger charge is -2.28. The van der Waals surface area contributed by atoms with E-state index in [0.29, 0.717) is 40.1 Å². The molecular weight excluding hydrogens is 540 g/mol. The Morgan fingerprint density at radius 2 is 1.66 bits per heavy atom. The predicted molar refractivity (Wildman–Crippen MR) is 138 cm³/mol. The van der Waals surface area contributed by atoms with Crippen LogP contribution in [0, 0.1) is 18.6 Å². The minimum atomic E-state index is -4.08. The van der Waals surface area contributed by atoms with Gasteiger partial charge in [-0.3, -0.25) is 4.31 Å². The van der Waals surface area contributed by atoms with Crippen LogP contribution in [0.5, 0.6) is 11.5 Å². The van der Waals surface area contributed by atoms with Gasteiger partial charge in [-0.25, -0.2) is 17.2 Å². The number of rotatable bonds is 10. The van der Waals surface area contributed by atoms with Gasteiger partial charge < -0.3 is 9.47 Å². The van der Waals surface area contributed by atoms with E-state index in [9.17, 15) is 17.2 Å². The number of hydrogen-bond acceptors (Lipinski definition) is 4. The van der Waals surface area contributed by atoms with Crippen LogP contribution < -0.4 is 13.8 Å². The summed E-state index contributed by atoms with van der Waals surface area (Å²) in [6.45, 7) is 3.79. The van der Waals surface area contributed by atoms with Gasteiger partial charge in [0.2, 0.25) is 0 Å². The van der Waals surface area contributed by atoms with Gasteiger partial charge in [0.15, 0.2) is 11.5 Å². The first-order chi connectivity index (χ1) is 16.7. The molecule has 0 aliphatic heterocycles. The van der Waals surface area contributed by atoms with Gasteiger partial charge in [0.1, 0.15) is 11.6 Å². The van der Waals surface area contributed by atoms with Crippen molar-refractivity contribution in [3.8, 4) is 11.5 Å². The molecule has 3 aromatic rings. The largest absolute Gasteiger partial charge is 0.493 e. The molecule has 0 unspecified atom stereocenters. The zero-order chi connectivity index (χ0) is 25.8. The van der Waals surface area contributed by atoms with Crippen molar-refractivity contribution in [1.82, 2.24) is 0 Å². The maximum Gasteiger partial charge on any atom is 0.264 e. The minimum absolute atomic E-state index is 0.0854. The summed E-state index contributed by atoms with van der Waals surface area (Å²) in [4.78, 5) is 0.0854. The van der Waals surface area contributed by atoms with Crippen LogP contribution in [0.4, 0.5) is 14.5 Å². The van der Waals surface area contributed by atoms with Crippen molar-refractivity contribution >= 4 is 31.6 Å². The molecule has 0 spiro atoms. The van der Waals surface area contributed by atoms with Crippen molar-refractivity contribution in [1.29, 1.82) is 0 Å². The van der Waals surface area contributed by atoms with Gasteiger partial charge in [0.05, 0.1) is 24.8 Å². The maximum absolute atomic E-state index is 14.5. The Kier molecular flexibility index (Phi) is 8.77. The molecule has 0 aromatic heterocycles. The van der Waals surface area contributed by atoms with E-state index in [-0.39, 0.29) is 23.4 Å². The van der Waals surface area contributed by atoms with Crippen LogP contribution in [-0.2, 0) is 22.9 Å². The third kappa shape index (κ3) is 5.46. The standard InChI is InChI=1S/C26H28BrF2NO4S/c1-5-19-25(12-11-24(33-3)26(19)34-4)35(31,32)30(14-13-27)23-10-9-17(2)15-18(23)16-20-21(28)7-6-8-22(20)29/h6-12,15H,5,13-14,16H2,1-4H3. The molecule has 0 heterocycles. The lowest BCUT2D eigenvalue weighted by Crippen LogP contribution is -2.34. The number of halogens is 3. The molecule has 3 rings (SSSR count). The van der Waals surface area contributed by atoms with Crippen LogP contribution in [0.1, 0.15) is 29.2 Å². The SMILES string of the molecule is CCc1c(S(=O)(=O)N(CCBr)c2ccc(C)cc2Cc2c(F)cccc2F)ccc(OC)c1OC. The molecule has 0 saturated carbocycles. The van der Waals surface area contributed by atoms with Crippen molar-refractivity contribution in [3.05, 3.63) is 82.4 Å². The van der Waals surface area contributed by atoms with Crippen LogP contribution in [0.25, 0.3) is 0 Å². The number of anilines is 1. The Balaban J connectivity index is 2.21. The van der Waals surface area contributed by atoms with Gasteiger partial charge in [-0.05, 0) is 49.2 Å². The van der Waals surface area contributed by atoms with E-state index in [1.165, 1.54) is 42.8 Å². The summed E-state index contributed by atoms with van der Waals surface area (Å²) >= 11 is 3.36. The number of benzene rings is 3. The molecule has 0 atom stereocenters. The highest BCUT2D eigenvalue weighted by molar-refractivity contribution is 9.09. The van der Waals surface area contributed by atoms with Gasteiger partial charge in [-0.1, -0.05) is 46.6 Å². The fraction of sp³-hybridized carbons (Fsp3) is 0.308. The highest BCUT2D eigenvalue weighted by Gasteiger charge is 2.31. The minimum Gasteiger partial charge on any atom is -0.493 e. The summed E-state index contributed by atoms with van der Waals surface area (Å²) in [6, 6.07) is 12.0. The van der Waals surface area contributed by atoms with Crippen LogP contribution in [0.3, 0.4) is 0 Å². The molecule has 0 saturated heterocycles. The molecule has 0 bridgehead atoms. The molecule has 35 heavy (non-hydrogen) atoms. The summed E-state index contributed by atoms with van der Waals surface area (Å²) in [5.41, 5.74) is 2.07. The molecule has 0 fully saturated rings. The van der Waals surface area contributed by atoms with Gasteiger partial charge in [-0.15, -0.1) is 0 Å². The summed E-state index contributed by atoms with van der Waals surface area (Å²) in [6.07, 6.45) is 0.286. The molecule has 0 aliphatic carbocycles. The maximum atomic E-state index is 14.5. The predicted octanol–water partition coefficient (Wildman–Crippen LogP) is 6.03. The topological polar surface area (TPSA) is 55.8 Å². The summed E-state index contributed by atoms with van der Waals surface area (Å²) in [7, 11) is -1.13. The number of alkyl halides is 1. The molecule has 5 nitrogen and oxygen atoms in total. The van der Waals surface area contributed by atoms with Gasteiger partial charge in [0, 0.05) is 29.4 Å². The Labute approximate surface area is 213 Å². The number of methoxy groups -OCH3 is 2. The molecule has 0 N–H and O–H groups in total. The second-order valence-electron chi connectivity index (χ2n) is 7.91. The molecule has 0 radical (unpaired) electrons. The Morgan fingerprint density at radius 3 is 2.23 bits per heavy atom. The first-order valence-corrected chi connectivity index (χ1v) is 13.6. The number of nitrogens with zero attached hydrogens (tertiary/aromatic N) is 1. The summed E-state index contributed by atoms with van der Waals surface area (Å²) in [5.74, 6) is -0.574. The molecule has 0 amide bonds. The Bertz CT molecular complexity index is 1290. The average Bonchev–Trinajstić information content (AvgIpc) is 2.84. The van der Waals surface area contributed by atoms with Crippen LogP contribution in [-0.4, -0.2) is 34.5 Å². The number of sulfonamides is 1. The van der Waals surface area contributed by atoms with E-state index in [1.807, 2.05) is 13.8 Å². The van der Waals surface area contributed by atoms with E-state index < -0.39 is 21.7 Å². The number of ether oxygens (including phenoxy) is 2. The number of aryl methyl sites for hydroxylation is 1. The second-order valence-corrected chi connectivity index (χ2v) is 10.5. The average molecular weight is 568 g/mol. The lowest BCUT2D eigenvalue weighted by atomic mass is 10.00. The van der Waals surface area contributed by atoms with Crippen molar-refractivity contribution in [2.24, 2.45) is 0 Å². The first kappa shape index (κ1) is 26.9. The fourth-order valence-electron chi connectivity index (χ4n) is 4.11. The highest BCUT2D eigenvalue weighted by atomic mass is 79.9. The van der Waals surface area contributed by atoms with Crippen molar-refractivity contribution in [2.75, 3.05) is 30.4 Å². The van der Waals surface area contributed by atoms with Gasteiger partial charge in [0.25, 0.3) is 10.0 Å². The van der Waals surface area contributed by atoms with Gasteiger partial charge in [-0.2, -0.15) is 0 Å². The second kappa shape index (κ2) is 11.4. The van der Waals surface area contributed by atoms with Crippen molar-refractivity contribution in [2.45, 2.75) is 31.6 Å². The first-order valence-electron chi connectivity index (χ1n) is 11.0. The van der Waals surface area contributed by atoms with Crippen molar-refractivity contribution in [3.63, 3.8) is 0 Å². The van der Waals surface area contributed by atoms with E-state index in [4.69, 9.17) is 9.47 Å². The zero-order valence-electron chi connectivity index (χ0n) is 20.1. The summed E-state index contributed by atoms with van der Waals surface area (Å²) in [5, 5.41) is 0.350. The molecule has 0 aliphatic rings. The van der Waals surface area contributed by atoms with Gasteiger partial charge >= 0.3 is 0 Å². The Morgan fingerprint density at radius 1 is 0.971 bits per heavy atom. The van der Waals surface area contributed by atoms with Crippen LogP contribution >= 0.6 is 15.9 Å².